The Hall–Kier alpha value is -4.17. The molecule has 0 aromatic heterocycles. The second-order valence-corrected chi connectivity index (χ2v) is 28.4. The second-order valence-electron chi connectivity index (χ2n) is 28.4. The molecule has 0 amide bonds. The highest BCUT2D eigenvalue weighted by molar-refractivity contribution is 6.23. The van der Waals surface area contributed by atoms with E-state index in [2.05, 4.69) is 0 Å². The first kappa shape index (κ1) is 82.8. The van der Waals surface area contributed by atoms with Crippen molar-refractivity contribution >= 4 is 38.3 Å². The SMILES string of the molecule is O=C(CCCc1ccc2ccc3cccc4ccc1c2c34)OC[C@H]1O[C@@H]2O[C@H]3[C@H](O)[C@@H](O)[C@@H](O[C@H]4[C@H](O)[C@@H](O)[C@@H](O[C@H]5[C@H](O)[C@@H](O)[C@@H](O[C@H]6[C@H](O)[C@@H](O)[C@@H](O[C@H]7[C@H](O)[C@@H](O)[C@@H](O[C@H]8[C@H](O)[C@@H](O)[C@@H](O[C@H]9[C@H](O)[C@@H](O)[C@@H](O[C@H]1[C@H](O)[C@H]2O)O[C@@H]9CO)O[C@@H]8CO)O[C@@H]7CO)O[C@@H]6CO)O[C@@H]5CO)O[C@@H]4CO)O[C@@H]3CO. The Morgan fingerprint density at radius 2 is 0.505 bits per heavy atom. The van der Waals surface area contributed by atoms with Crippen molar-refractivity contribution in [1.82, 2.24) is 0 Å². The van der Waals surface area contributed by atoms with Crippen LogP contribution in [0.15, 0.2) is 54.6 Å². The Kier molecular flexibility index (Phi) is 26.7. The van der Waals surface area contributed by atoms with Gasteiger partial charge < -0.3 is 198 Å². The summed E-state index contributed by atoms with van der Waals surface area (Å²) in [6, 6.07) is 18.0. The molecule has 34 rings (SSSR count). The molecular weight excluding hydrogens is 1470 g/mol. The molecular formula is C68H94O41. The fraction of sp³-hybridized carbons (Fsp3) is 0.750. The van der Waals surface area contributed by atoms with Gasteiger partial charge in [0, 0.05) is 6.42 Å². The highest BCUT2D eigenvalue weighted by Crippen LogP contribution is 2.42. The zero-order valence-electron chi connectivity index (χ0n) is 57.7. The van der Waals surface area contributed by atoms with Gasteiger partial charge in [-0.3, -0.25) is 4.79 Å². The van der Waals surface area contributed by atoms with Crippen LogP contribution in [0.4, 0.5) is 0 Å². The standard InChI is InChI=1S/C68H94O41/c69-13-26-53-37(77)45(85)61(94-26)103-54-27(14-70)96-63(47(87)39(54)79)105-56-29(16-72)98-65(49(89)41(56)81)107-58-31(18-74)100-67(51(91)43(58)83)109-60-33(20-93-34(76)6-2-3-21-7-8-24-10-9-22-4-1-5-23-11-12-25(21)36(24)35(22)23)101-68(52(92)44(60)84)108-59-32(19-75)99-66(50(90)42(59)82)106-57-30(17-73)97-64(48(88)40(57)80)104-55-28(15-71)95-62(102-53)46(86)38(55)78/h1,4-5,7-12,26-33,37-75,77-92H,2-3,6,13-20H2/t26-,27-,28-,29-,30-,31-,32-,33-,37-,38-,39-,40-,41-,42-,43-,44-,45-,46-,47-,48-,49-,50-,51-,52-,53-,54-,55-,56-,57-,58-,59-,60-,61-,62-,63-,64-,65-,66-,67-,68-/m1/s1. The summed E-state index contributed by atoms with van der Waals surface area (Å²) in [6.45, 7) is -8.58. The predicted octanol–water partition coefficient (Wildman–Crippen LogP) is -11.9. The minimum Gasteiger partial charge on any atom is -0.463 e. The van der Waals surface area contributed by atoms with Gasteiger partial charge >= 0.3 is 5.97 Å². The summed E-state index contributed by atoms with van der Waals surface area (Å²) in [4.78, 5) is 13.8. The third kappa shape index (κ3) is 16.2. The molecule has 4 aromatic carbocycles. The van der Waals surface area contributed by atoms with E-state index in [0.29, 0.717) is 6.42 Å². The Morgan fingerprint density at radius 3 is 0.771 bits per heavy atom. The Morgan fingerprint density at radius 1 is 0.275 bits per heavy atom. The summed E-state index contributed by atoms with van der Waals surface area (Å²) in [6.07, 6.45) is -83.1. The van der Waals surface area contributed by atoms with Crippen LogP contribution in [-0.2, 0) is 91.7 Å². The number of aryl methyl sites for hydroxylation is 1. The molecule has 0 spiro atoms. The molecule has 30 aliphatic rings. The van der Waals surface area contributed by atoms with E-state index < -0.39 is 304 Å². The second kappa shape index (κ2) is 35.1. The van der Waals surface area contributed by atoms with Gasteiger partial charge in [0.05, 0.1) is 46.2 Å². The minimum absolute atomic E-state index is 0.214. The Labute approximate surface area is 617 Å². The number of rotatable bonds is 13. The van der Waals surface area contributed by atoms with E-state index >= 15 is 0 Å². The Balaban J connectivity index is 0.761. The molecule has 30 fully saturated rings. The van der Waals surface area contributed by atoms with Crippen molar-refractivity contribution in [2.45, 2.75) is 265 Å². The Bertz CT molecular complexity index is 3550. The number of ether oxygens (including phenoxy) is 17. The summed E-state index contributed by atoms with van der Waals surface area (Å²) in [7, 11) is 0. The zero-order valence-corrected chi connectivity index (χ0v) is 57.7. The third-order valence-corrected chi connectivity index (χ3v) is 21.6. The molecule has 0 radical (unpaired) electrons. The summed E-state index contributed by atoms with van der Waals surface area (Å²) in [5.74, 6) is -0.832. The smallest absolute Gasteiger partial charge is 0.305 e. The number of aliphatic hydroxyl groups is 23. The van der Waals surface area contributed by atoms with E-state index in [4.69, 9.17) is 80.5 Å². The molecule has 109 heavy (non-hydrogen) atoms. The quantitative estimate of drug-likeness (QED) is 0.0437. The maximum Gasteiger partial charge on any atom is 0.305 e. The number of hydrogen-bond acceptors (Lipinski definition) is 41. The summed E-state index contributed by atoms with van der Waals surface area (Å²) < 4.78 is 99.0. The van der Waals surface area contributed by atoms with Crippen molar-refractivity contribution in [3.8, 4) is 0 Å². The van der Waals surface area contributed by atoms with Crippen LogP contribution in [0.2, 0.25) is 0 Å². The summed E-state index contributed by atoms with van der Waals surface area (Å²) in [5, 5.41) is 266. The molecule has 41 nitrogen and oxygen atoms in total. The van der Waals surface area contributed by atoms with E-state index in [0.717, 1.165) is 37.9 Å². The highest BCUT2D eigenvalue weighted by Gasteiger charge is 2.61. The lowest BCUT2D eigenvalue weighted by Crippen LogP contribution is -2.69. The molecule has 30 aliphatic heterocycles. The van der Waals surface area contributed by atoms with Crippen molar-refractivity contribution in [3.05, 3.63) is 60.2 Å². The van der Waals surface area contributed by atoms with E-state index in [-0.39, 0.29) is 12.8 Å². The van der Waals surface area contributed by atoms with Crippen LogP contribution in [0.5, 0.6) is 0 Å². The van der Waals surface area contributed by atoms with Gasteiger partial charge in [0.2, 0.25) is 0 Å². The lowest BCUT2D eigenvalue weighted by molar-refractivity contribution is -0.404. The molecule has 41 heteroatoms. The molecule has 0 unspecified atom stereocenters. The first-order valence-electron chi connectivity index (χ1n) is 35.7. The predicted molar refractivity (Wildman–Crippen MR) is 348 cm³/mol. The third-order valence-electron chi connectivity index (χ3n) is 21.6. The van der Waals surface area contributed by atoms with Crippen LogP contribution < -0.4 is 0 Å². The molecule has 23 N–H and O–H groups in total. The van der Waals surface area contributed by atoms with E-state index in [1.807, 2.05) is 54.6 Å². The van der Waals surface area contributed by atoms with Gasteiger partial charge in [-0.05, 0) is 50.7 Å². The first-order chi connectivity index (χ1) is 52.3. The molecule has 30 saturated heterocycles. The molecule has 4 aromatic rings. The van der Waals surface area contributed by atoms with Crippen molar-refractivity contribution < 1.29 is 203 Å². The number of esters is 1. The van der Waals surface area contributed by atoms with Crippen LogP contribution in [0, 0.1) is 0 Å². The number of hydrogen-bond donors (Lipinski definition) is 23. The maximum absolute atomic E-state index is 13.8. The highest BCUT2D eigenvalue weighted by atomic mass is 16.8. The van der Waals surface area contributed by atoms with Crippen molar-refractivity contribution in [2.75, 3.05) is 52.9 Å². The molecule has 612 valence electrons. The molecule has 0 saturated carbocycles. The van der Waals surface area contributed by atoms with Gasteiger partial charge in [0.15, 0.2) is 50.3 Å². The molecule has 30 heterocycles. The van der Waals surface area contributed by atoms with Crippen LogP contribution in [0.25, 0.3) is 32.3 Å². The van der Waals surface area contributed by atoms with Crippen LogP contribution >= 0.6 is 0 Å². The molecule has 16 bridgehead atoms. The fourth-order valence-corrected chi connectivity index (χ4v) is 15.6. The number of carbonyl (C=O) groups excluding carboxylic acids is 1. The van der Waals surface area contributed by atoms with Gasteiger partial charge in [-0.1, -0.05) is 54.6 Å². The number of aliphatic hydroxyl groups excluding tert-OH is 23. The van der Waals surface area contributed by atoms with Crippen molar-refractivity contribution in [3.63, 3.8) is 0 Å². The lowest BCUT2D eigenvalue weighted by atomic mass is 9.90. The monoisotopic (exact) mass is 1570 g/mol. The van der Waals surface area contributed by atoms with Crippen LogP contribution in [0.3, 0.4) is 0 Å². The van der Waals surface area contributed by atoms with Gasteiger partial charge in [0.1, 0.15) is 202 Å². The fourth-order valence-electron chi connectivity index (χ4n) is 15.6. The summed E-state index contributed by atoms with van der Waals surface area (Å²) >= 11 is 0. The van der Waals surface area contributed by atoms with Crippen LogP contribution in [0.1, 0.15) is 18.4 Å². The topological polar surface area (TPSA) is 639 Å². The molecule has 40 atom stereocenters. The lowest BCUT2D eigenvalue weighted by Gasteiger charge is -2.50. The van der Waals surface area contributed by atoms with Gasteiger partial charge in [-0.15, -0.1) is 0 Å². The number of benzene rings is 4. The maximum atomic E-state index is 13.8. The van der Waals surface area contributed by atoms with Gasteiger partial charge in [-0.2, -0.15) is 0 Å². The van der Waals surface area contributed by atoms with E-state index in [9.17, 15) is 122 Å². The minimum atomic E-state index is -2.32. The van der Waals surface area contributed by atoms with Gasteiger partial charge in [-0.25, -0.2) is 0 Å². The number of carbonyl (C=O) groups is 1. The molecule has 0 aliphatic carbocycles. The van der Waals surface area contributed by atoms with Gasteiger partial charge in [0.25, 0.3) is 0 Å². The average molecular weight is 1570 g/mol. The average Bonchev–Trinajstić information content (AvgIpc) is 0.745. The van der Waals surface area contributed by atoms with Crippen molar-refractivity contribution in [2.24, 2.45) is 0 Å². The van der Waals surface area contributed by atoms with E-state index in [1.54, 1.807) is 0 Å². The van der Waals surface area contributed by atoms with Crippen molar-refractivity contribution in [1.29, 1.82) is 0 Å². The summed E-state index contributed by atoms with van der Waals surface area (Å²) in [5.41, 5.74) is 0.925. The van der Waals surface area contributed by atoms with Crippen LogP contribution in [-0.4, -0.2) is 422 Å². The zero-order chi connectivity index (χ0) is 77.9. The normalized spacial score (nSPS) is 47.1. The first-order valence-corrected chi connectivity index (χ1v) is 35.7. The largest absolute Gasteiger partial charge is 0.463 e. The van der Waals surface area contributed by atoms with E-state index in [1.165, 1.54) is 0 Å².